The number of nitrogens with zero attached hydrogens (tertiary/aromatic N) is 3. The highest BCUT2D eigenvalue weighted by atomic mass is 32.1. The second-order valence-corrected chi connectivity index (χ2v) is 8.65. The number of rotatable bonds is 8. The van der Waals surface area contributed by atoms with Gasteiger partial charge in [-0.2, -0.15) is 0 Å². The Morgan fingerprint density at radius 3 is 2.77 bits per heavy atom. The Labute approximate surface area is 182 Å². The molecule has 30 heavy (non-hydrogen) atoms. The van der Waals surface area contributed by atoms with E-state index in [9.17, 15) is 4.39 Å². The molecule has 8 heteroatoms. The molecule has 0 radical (unpaired) electrons. The highest BCUT2D eigenvalue weighted by Crippen LogP contribution is 2.23. The normalized spacial score (nSPS) is 16.5. The molecule has 0 aliphatic carbocycles. The summed E-state index contributed by atoms with van der Waals surface area (Å²) in [5.74, 6) is 0.561. The summed E-state index contributed by atoms with van der Waals surface area (Å²) in [5.41, 5.74) is 2.06. The van der Waals surface area contributed by atoms with E-state index in [1.807, 2.05) is 13.0 Å². The lowest BCUT2D eigenvalue weighted by Crippen LogP contribution is -2.42. The number of hydrogen-bond acceptors (Lipinski definition) is 5. The Hall–Kier alpha value is -2.03. The summed E-state index contributed by atoms with van der Waals surface area (Å²) >= 11 is 1.75. The van der Waals surface area contributed by atoms with Gasteiger partial charge in [-0.3, -0.25) is 9.89 Å². The predicted molar refractivity (Wildman–Crippen MR) is 121 cm³/mol. The molecule has 1 aromatic carbocycles. The number of ether oxygens (including phenoxy) is 1. The molecule has 6 nitrogen and oxygen atoms in total. The van der Waals surface area contributed by atoms with Crippen molar-refractivity contribution >= 4 is 17.3 Å². The van der Waals surface area contributed by atoms with Crippen molar-refractivity contribution in [2.75, 3.05) is 45.9 Å². The molecule has 1 aromatic heterocycles. The van der Waals surface area contributed by atoms with Gasteiger partial charge < -0.3 is 15.4 Å². The van der Waals surface area contributed by atoms with Gasteiger partial charge in [0.05, 0.1) is 36.5 Å². The molecule has 2 N–H and O–H groups in total. The minimum atomic E-state index is -0.214. The first-order valence-corrected chi connectivity index (χ1v) is 11.4. The maximum absolute atomic E-state index is 13.9. The first kappa shape index (κ1) is 22.7. The van der Waals surface area contributed by atoms with Gasteiger partial charge in [0.2, 0.25) is 0 Å². The molecule has 0 saturated carbocycles. The second kappa shape index (κ2) is 11.4. The van der Waals surface area contributed by atoms with E-state index in [1.54, 1.807) is 23.5 Å². The number of nitrogens with one attached hydrogen (secondary N) is 2. The van der Waals surface area contributed by atoms with Crippen molar-refractivity contribution in [1.82, 2.24) is 20.5 Å². The monoisotopic (exact) mass is 433 g/mol. The van der Waals surface area contributed by atoms with Crippen molar-refractivity contribution in [1.29, 1.82) is 0 Å². The smallest absolute Gasteiger partial charge is 0.191 e. The van der Waals surface area contributed by atoms with Crippen LogP contribution in [-0.4, -0.2) is 61.8 Å². The van der Waals surface area contributed by atoms with Crippen LogP contribution in [0, 0.1) is 19.7 Å². The van der Waals surface area contributed by atoms with Crippen molar-refractivity contribution < 1.29 is 9.13 Å². The molecule has 3 rings (SSSR count). The molecule has 0 amide bonds. The van der Waals surface area contributed by atoms with Gasteiger partial charge in [0, 0.05) is 37.5 Å². The molecule has 0 spiro atoms. The summed E-state index contributed by atoms with van der Waals surface area (Å²) in [7, 11) is 0. The Morgan fingerprint density at radius 1 is 1.30 bits per heavy atom. The van der Waals surface area contributed by atoms with Gasteiger partial charge in [-0.25, -0.2) is 9.37 Å². The number of aliphatic imine (C=N–C) groups is 1. The zero-order valence-corrected chi connectivity index (χ0v) is 18.9. The summed E-state index contributed by atoms with van der Waals surface area (Å²) in [6.07, 6.45) is 0.862. The van der Waals surface area contributed by atoms with Gasteiger partial charge in [0.1, 0.15) is 5.82 Å². The molecule has 164 valence electrons. The third kappa shape index (κ3) is 6.48. The maximum atomic E-state index is 13.9. The predicted octanol–water partition coefficient (Wildman–Crippen LogP) is 3.07. The third-order valence-corrected chi connectivity index (χ3v) is 6.32. The third-order valence-electron chi connectivity index (χ3n) is 5.19. The minimum Gasteiger partial charge on any atom is -0.379 e. The van der Waals surface area contributed by atoms with Gasteiger partial charge >= 0.3 is 0 Å². The summed E-state index contributed by atoms with van der Waals surface area (Å²) in [6, 6.07) is 6.86. The maximum Gasteiger partial charge on any atom is 0.191 e. The van der Waals surface area contributed by atoms with Crippen molar-refractivity contribution in [3.63, 3.8) is 0 Å². The number of aromatic nitrogens is 1. The van der Waals surface area contributed by atoms with Crippen molar-refractivity contribution in [2.45, 2.75) is 33.2 Å². The molecule has 2 aromatic rings. The largest absolute Gasteiger partial charge is 0.379 e. The van der Waals surface area contributed by atoms with Crippen LogP contribution in [0.4, 0.5) is 4.39 Å². The average molecular weight is 434 g/mol. The number of hydrogen-bond donors (Lipinski definition) is 2. The molecule has 1 aliphatic heterocycles. The second-order valence-electron chi connectivity index (χ2n) is 7.36. The van der Waals surface area contributed by atoms with Crippen LogP contribution in [-0.2, 0) is 11.2 Å². The van der Waals surface area contributed by atoms with E-state index in [0.717, 1.165) is 54.8 Å². The zero-order valence-electron chi connectivity index (χ0n) is 18.1. The van der Waals surface area contributed by atoms with Crippen LogP contribution < -0.4 is 10.6 Å². The van der Waals surface area contributed by atoms with Crippen molar-refractivity contribution in [2.24, 2.45) is 4.99 Å². The van der Waals surface area contributed by atoms with E-state index in [2.05, 4.69) is 34.4 Å². The van der Waals surface area contributed by atoms with E-state index in [1.165, 1.54) is 10.9 Å². The fraction of sp³-hybridized carbons (Fsp3) is 0.545. The van der Waals surface area contributed by atoms with Crippen LogP contribution in [0.1, 0.15) is 34.1 Å². The van der Waals surface area contributed by atoms with Crippen molar-refractivity contribution in [3.05, 3.63) is 51.2 Å². The van der Waals surface area contributed by atoms with Gasteiger partial charge in [-0.1, -0.05) is 12.1 Å². The van der Waals surface area contributed by atoms with E-state index < -0.39 is 0 Å². The molecule has 1 fully saturated rings. The Morgan fingerprint density at radius 2 is 2.10 bits per heavy atom. The van der Waals surface area contributed by atoms with Crippen LogP contribution in [0.2, 0.25) is 0 Å². The molecular weight excluding hydrogens is 401 g/mol. The molecule has 0 bridgehead atoms. The highest BCUT2D eigenvalue weighted by Gasteiger charge is 2.23. The van der Waals surface area contributed by atoms with Crippen LogP contribution >= 0.6 is 11.3 Å². The molecule has 2 heterocycles. The Bertz CT molecular complexity index is 815. The molecule has 1 saturated heterocycles. The fourth-order valence-corrected chi connectivity index (χ4v) is 4.42. The SMILES string of the molecule is CCNC(=NCC(c1cccc(F)c1)N1CCOCC1)NCCc1nc(C)c(C)s1. The summed E-state index contributed by atoms with van der Waals surface area (Å²) < 4.78 is 19.4. The Kier molecular flexibility index (Phi) is 8.60. The van der Waals surface area contributed by atoms with Crippen LogP contribution in [0.25, 0.3) is 0 Å². The number of benzene rings is 1. The first-order chi connectivity index (χ1) is 14.6. The van der Waals surface area contributed by atoms with Crippen LogP contribution in [0.15, 0.2) is 29.3 Å². The van der Waals surface area contributed by atoms with Gasteiger partial charge in [0.25, 0.3) is 0 Å². The molecule has 1 atom stereocenters. The molecule has 1 aliphatic rings. The highest BCUT2D eigenvalue weighted by molar-refractivity contribution is 7.11. The molecule has 1 unspecified atom stereocenters. The van der Waals surface area contributed by atoms with Crippen LogP contribution in [0.5, 0.6) is 0 Å². The van der Waals surface area contributed by atoms with E-state index >= 15 is 0 Å². The Balaban J connectivity index is 1.66. The number of guanidine groups is 1. The number of aryl methyl sites for hydroxylation is 2. The summed E-state index contributed by atoms with van der Waals surface area (Å²) in [4.78, 5) is 13.0. The quantitative estimate of drug-likeness (QED) is 0.495. The summed E-state index contributed by atoms with van der Waals surface area (Å²) in [6.45, 7) is 11.3. The van der Waals surface area contributed by atoms with E-state index in [0.29, 0.717) is 19.8 Å². The van der Waals surface area contributed by atoms with Gasteiger partial charge in [-0.05, 0) is 38.5 Å². The van der Waals surface area contributed by atoms with Crippen molar-refractivity contribution in [3.8, 4) is 0 Å². The average Bonchev–Trinajstić information content (AvgIpc) is 3.06. The zero-order chi connectivity index (χ0) is 21.3. The molecular formula is C22H32FN5OS. The van der Waals surface area contributed by atoms with Gasteiger partial charge in [-0.15, -0.1) is 11.3 Å². The minimum absolute atomic E-state index is 0.0179. The van der Waals surface area contributed by atoms with E-state index in [4.69, 9.17) is 9.73 Å². The first-order valence-electron chi connectivity index (χ1n) is 10.6. The lowest BCUT2D eigenvalue weighted by atomic mass is 10.0. The standard InChI is InChI=1S/C22H32FN5OS/c1-4-24-22(25-9-8-21-27-16(2)17(3)30-21)26-15-20(28-10-12-29-13-11-28)18-6-5-7-19(23)14-18/h5-7,14,20H,4,8-13,15H2,1-3H3,(H2,24,25,26). The van der Waals surface area contributed by atoms with Gasteiger partial charge in [0.15, 0.2) is 5.96 Å². The number of thiazole rings is 1. The number of halogens is 1. The lowest BCUT2D eigenvalue weighted by Gasteiger charge is -2.34. The number of morpholine rings is 1. The lowest BCUT2D eigenvalue weighted by molar-refractivity contribution is 0.0179. The topological polar surface area (TPSA) is 61.8 Å². The summed E-state index contributed by atoms with van der Waals surface area (Å²) in [5, 5.41) is 7.86. The fourth-order valence-electron chi connectivity index (χ4n) is 3.49. The van der Waals surface area contributed by atoms with Crippen LogP contribution in [0.3, 0.4) is 0 Å². The van der Waals surface area contributed by atoms with E-state index in [-0.39, 0.29) is 11.9 Å².